The minimum absolute atomic E-state index is 0.00911. The lowest BCUT2D eigenvalue weighted by Crippen LogP contribution is -2.69. The summed E-state index contributed by atoms with van der Waals surface area (Å²) >= 11 is 0. The predicted molar refractivity (Wildman–Crippen MR) is 195 cm³/mol. The molecule has 0 aliphatic carbocycles. The van der Waals surface area contributed by atoms with Gasteiger partial charge in [-0.15, -0.1) is 0 Å². The smallest absolute Gasteiger partial charge is 0.278 e. The highest BCUT2D eigenvalue weighted by molar-refractivity contribution is 5.97. The number of hydrogen-bond acceptors (Lipinski definition) is 9. The summed E-state index contributed by atoms with van der Waals surface area (Å²) in [5.41, 5.74) is 15.2. The molecule has 53 heavy (non-hydrogen) atoms. The summed E-state index contributed by atoms with van der Waals surface area (Å²) in [6.07, 6.45) is 0.409. The molecule has 0 spiro atoms. The van der Waals surface area contributed by atoms with Crippen LogP contribution in [0.4, 0.5) is 0 Å². The van der Waals surface area contributed by atoms with Crippen LogP contribution >= 0.6 is 0 Å². The Balaban J connectivity index is 3.37. The molecule has 0 aromatic heterocycles. The molecule has 0 unspecified atom stereocenters. The van der Waals surface area contributed by atoms with Crippen molar-refractivity contribution >= 4 is 47.6 Å². The number of phenolic OH excluding ortho intramolecular Hbond substituents is 1. The normalized spacial score (nSPS) is 15.1. The van der Waals surface area contributed by atoms with Gasteiger partial charge in [0.05, 0.1) is 12.5 Å². The van der Waals surface area contributed by atoms with E-state index in [4.69, 9.17) is 11.5 Å². The van der Waals surface area contributed by atoms with Crippen LogP contribution in [-0.2, 0) is 44.8 Å². The molecule has 0 radical (unpaired) electrons. The third-order valence-corrected chi connectivity index (χ3v) is 8.50. The van der Waals surface area contributed by atoms with Gasteiger partial charge in [0, 0.05) is 19.3 Å². The Bertz CT molecular complexity index is 1420. The Morgan fingerprint density at radius 2 is 1.25 bits per heavy atom. The van der Waals surface area contributed by atoms with E-state index in [0.29, 0.717) is 31.1 Å². The van der Waals surface area contributed by atoms with Crippen LogP contribution in [0.25, 0.3) is 0 Å². The number of carbonyl (C=O) groups is 8. The fourth-order valence-electron chi connectivity index (χ4n) is 5.44. The SMILES string of the molecule is CC[C@H](C)[C@H](NC(=O)[C@H](Cc1ccc(O)cc1)NC(=O)[C@@H]([NH3+])CC(C)C)C(=O)N[C@@H](CCC(N)=O)C(=O)N[C@@H](CC(N)=O)C(=O)N[C@H](C=O)CC(C)C. The molecular weight excluding hydrogens is 688 g/mol. The third-order valence-electron chi connectivity index (χ3n) is 8.50. The first-order valence-corrected chi connectivity index (χ1v) is 17.9. The lowest BCUT2D eigenvalue weighted by molar-refractivity contribution is -0.406. The second-order valence-electron chi connectivity index (χ2n) is 14.3. The summed E-state index contributed by atoms with van der Waals surface area (Å²) in [6, 6.07) is -0.898. The molecule has 0 aliphatic rings. The molecule has 0 heterocycles. The predicted octanol–water partition coefficient (Wildman–Crippen LogP) is -1.55. The van der Waals surface area contributed by atoms with Crippen LogP contribution in [0.3, 0.4) is 0 Å². The van der Waals surface area contributed by atoms with E-state index < -0.39 is 89.9 Å². The molecule has 0 bridgehead atoms. The number of aromatic hydroxyl groups is 1. The number of rotatable bonds is 24. The van der Waals surface area contributed by atoms with Gasteiger partial charge >= 0.3 is 0 Å². The Morgan fingerprint density at radius 3 is 1.75 bits per heavy atom. The first-order valence-electron chi connectivity index (χ1n) is 17.9. The van der Waals surface area contributed by atoms with Crippen molar-refractivity contribution in [3.05, 3.63) is 29.8 Å². The molecule has 1 aromatic rings. The number of phenols is 1. The molecular formula is C36H59N8O9+. The lowest BCUT2D eigenvalue weighted by Gasteiger charge is -2.29. The van der Waals surface area contributed by atoms with Gasteiger partial charge in [0.1, 0.15) is 36.2 Å². The second-order valence-corrected chi connectivity index (χ2v) is 14.3. The van der Waals surface area contributed by atoms with Gasteiger partial charge in [-0.2, -0.15) is 0 Å². The molecule has 17 nitrogen and oxygen atoms in total. The number of primary amides is 2. The number of nitrogens with one attached hydrogen (secondary N) is 5. The largest absolute Gasteiger partial charge is 0.508 e. The number of benzene rings is 1. The van der Waals surface area contributed by atoms with Gasteiger partial charge in [-0.3, -0.25) is 33.6 Å². The lowest BCUT2D eigenvalue weighted by atomic mass is 9.96. The van der Waals surface area contributed by atoms with Crippen LogP contribution in [-0.4, -0.2) is 89.0 Å². The molecule has 0 saturated heterocycles. The van der Waals surface area contributed by atoms with E-state index in [-0.39, 0.29) is 36.8 Å². The van der Waals surface area contributed by atoms with E-state index in [9.17, 15) is 43.5 Å². The molecule has 7 amide bonds. The number of nitrogens with two attached hydrogens (primary N) is 2. The molecule has 7 atom stereocenters. The first-order chi connectivity index (χ1) is 24.8. The van der Waals surface area contributed by atoms with Crippen molar-refractivity contribution in [3.63, 3.8) is 0 Å². The maximum absolute atomic E-state index is 13.9. The summed E-state index contributed by atoms with van der Waals surface area (Å²) in [6.45, 7) is 11.0. The maximum atomic E-state index is 13.9. The van der Waals surface area contributed by atoms with E-state index in [1.54, 1.807) is 26.0 Å². The first kappa shape index (κ1) is 46.0. The molecule has 0 saturated carbocycles. The molecule has 0 fully saturated rings. The van der Waals surface area contributed by atoms with Crippen molar-refractivity contribution in [1.29, 1.82) is 0 Å². The topological polar surface area (TPSA) is 297 Å². The quantitative estimate of drug-likeness (QED) is 0.0552. The van der Waals surface area contributed by atoms with Crippen LogP contribution in [0.15, 0.2) is 24.3 Å². The van der Waals surface area contributed by atoms with Gasteiger partial charge in [-0.1, -0.05) is 60.1 Å². The van der Waals surface area contributed by atoms with Gasteiger partial charge < -0.3 is 53.7 Å². The van der Waals surface area contributed by atoms with Crippen LogP contribution in [0.1, 0.15) is 85.6 Å². The Kier molecular flexibility index (Phi) is 19.8. The summed E-state index contributed by atoms with van der Waals surface area (Å²) in [5.74, 6) is -5.81. The van der Waals surface area contributed by atoms with Crippen LogP contribution < -0.4 is 43.8 Å². The molecule has 1 rings (SSSR count). The standard InChI is InChI=1S/C36H58N8O9/c1-7-21(6)31(44-35(52)27(16-22-8-10-24(46)11-9-22)42-32(49)25(37)15-20(4)5)36(53)41-26(12-13-29(38)47)33(50)43-28(17-30(39)48)34(51)40-23(18-45)14-19(2)3/h8-11,18-21,23,25-28,31,46H,7,12-17,37H2,1-6H3,(H2,38,47)(H2,39,48)(H,40,51)(H,41,53)(H,42,49)(H,43,50)(H,44,52)/p+1/t21-,23-,25-,26-,27-,28-,31-/m0/s1. The van der Waals surface area contributed by atoms with Crippen molar-refractivity contribution in [2.75, 3.05) is 0 Å². The highest BCUT2D eigenvalue weighted by Gasteiger charge is 2.35. The zero-order valence-electron chi connectivity index (χ0n) is 31.6. The molecule has 296 valence electrons. The minimum atomic E-state index is -1.52. The average Bonchev–Trinajstić information content (AvgIpc) is 3.07. The van der Waals surface area contributed by atoms with Crippen molar-refractivity contribution in [3.8, 4) is 5.75 Å². The zero-order chi connectivity index (χ0) is 40.4. The zero-order valence-corrected chi connectivity index (χ0v) is 31.6. The monoisotopic (exact) mass is 747 g/mol. The van der Waals surface area contributed by atoms with E-state index in [1.807, 2.05) is 27.7 Å². The molecule has 17 heteroatoms. The number of hydrogen-bond donors (Lipinski definition) is 9. The van der Waals surface area contributed by atoms with E-state index in [2.05, 4.69) is 32.3 Å². The number of amides is 7. The summed E-state index contributed by atoms with van der Waals surface area (Å²) in [7, 11) is 0. The summed E-state index contributed by atoms with van der Waals surface area (Å²) in [5, 5.41) is 22.6. The average molecular weight is 748 g/mol. The Morgan fingerprint density at radius 1 is 0.717 bits per heavy atom. The Hall–Kier alpha value is -5.06. The van der Waals surface area contributed by atoms with Gasteiger partial charge in [-0.25, -0.2) is 0 Å². The van der Waals surface area contributed by atoms with Gasteiger partial charge in [-0.05, 0) is 48.3 Å². The van der Waals surface area contributed by atoms with Gasteiger partial charge in [0.2, 0.25) is 35.4 Å². The molecule has 1 aromatic carbocycles. The van der Waals surface area contributed by atoms with Gasteiger partial charge in [0.25, 0.3) is 5.91 Å². The van der Waals surface area contributed by atoms with Crippen LogP contribution in [0.5, 0.6) is 5.75 Å². The fraction of sp³-hybridized carbons (Fsp3) is 0.611. The summed E-state index contributed by atoms with van der Waals surface area (Å²) in [4.78, 5) is 103. The minimum Gasteiger partial charge on any atom is -0.508 e. The van der Waals surface area contributed by atoms with Crippen LogP contribution in [0.2, 0.25) is 0 Å². The third kappa shape index (κ3) is 17.3. The summed E-state index contributed by atoms with van der Waals surface area (Å²) < 4.78 is 0. The van der Waals surface area contributed by atoms with Crippen molar-refractivity contribution in [2.45, 2.75) is 123 Å². The molecule has 0 aliphatic heterocycles. The van der Waals surface area contributed by atoms with Crippen molar-refractivity contribution < 1.29 is 49.2 Å². The van der Waals surface area contributed by atoms with Crippen molar-refractivity contribution in [1.82, 2.24) is 26.6 Å². The fourth-order valence-corrected chi connectivity index (χ4v) is 5.44. The van der Waals surface area contributed by atoms with Crippen LogP contribution in [0, 0.1) is 17.8 Å². The number of quaternary nitrogens is 1. The Labute approximate surface area is 310 Å². The molecule has 13 N–H and O–H groups in total. The van der Waals surface area contributed by atoms with E-state index in [1.165, 1.54) is 12.1 Å². The van der Waals surface area contributed by atoms with E-state index in [0.717, 1.165) is 0 Å². The number of carbonyl (C=O) groups excluding carboxylic acids is 8. The van der Waals surface area contributed by atoms with E-state index >= 15 is 0 Å². The van der Waals surface area contributed by atoms with Gasteiger partial charge in [0.15, 0.2) is 6.04 Å². The number of aldehydes is 1. The maximum Gasteiger partial charge on any atom is 0.278 e. The second kappa shape index (κ2) is 22.8. The highest BCUT2D eigenvalue weighted by atomic mass is 16.3. The van der Waals surface area contributed by atoms with Crippen molar-refractivity contribution in [2.24, 2.45) is 29.2 Å². The highest BCUT2D eigenvalue weighted by Crippen LogP contribution is 2.14.